The summed E-state index contributed by atoms with van der Waals surface area (Å²) in [7, 11) is 0. The van der Waals surface area contributed by atoms with E-state index in [2.05, 4.69) is 5.32 Å². The van der Waals surface area contributed by atoms with Crippen LogP contribution in [-0.2, 0) is 11.2 Å². The molecule has 110 valence electrons. The molecule has 1 aromatic rings. The van der Waals surface area contributed by atoms with E-state index in [0.717, 1.165) is 37.9 Å². The number of likely N-dealkylation sites (tertiary alicyclic amines) is 1. The van der Waals surface area contributed by atoms with Crippen LogP contribution in [0.3, 0.4) is 0 Å². The molecule has 3 nitrogen and oxygen atoms in total. The Labute approximate surface area is 120 Å². The van der Waals surface area contributed by atoms with Gasteiger partial charge in [0, 0.05) is 13.1 Å². The summed E-state index contributed by atoms with van der Waals surface area (Å²) in [5, 5.41) is 3.23. The molecule has 1 saturated heterocycles. The molecule has 1 heterocycles. The number of carbonyl (C=O) groups is 1. The Morgan fingerprint density at radius 2 is 2.10 bits per heavy atom. The van der Waals surface area contributed by atoms with Crippen molar-refractivity contribution < 1.29 is 9.18 Å². The molecule has 20 heavy (non-hydrogen) atoms. The molecule has 0 aliphatic carbocycles. The smallest absolute Gasteiger partial charge is 0.239 e. The Morgan fingerprint density at radius 3 is 2.80 bits per heavy atom. The van der Waals surface area contributed by atoms with Crippen LogP contribution in [0.1, 0.15) is 31.7 Å². The predicted molar refractivity (Wildman–Crippen MR) is 78.0 cm³/mol. The number of nitrogens with one attached hydrogen (secondary N) is 1. The predicted octanol–water partition coefficient (Wildman–Crippen LogP) is 2.36. The van der Waals surface area contributed by atoms with Crippen molar-refractivity contribution >= 4 is 5.91 Å². The maximum Gasteiger partial charge on any atom is 0.239 e. The number of rotatable bonds is 5. The van der Waals surface area contributed by atoms with Gasteiger partial charge in [0.1, 0.15) is 5.82 Å². The third-order valence-corrected chi connectivity index (χ3v) is 3.79. The minimum absolute atomic E-state index is 0.165. The Hall–Kier alpha value is -1.42. The number of halogens is 1. The molecule has 1 aliphatic rings. The Kier molecular flexibility index (Phi) is 5.53. The SMILES string of the molecule is CC(NCCc1cccc(F)c1)C(=O)N1CCCCC1. The monoisotopic (exact) mass is 278 g/mol. The summed E-state index contributed by atoms with van der Waals surface area (Å²) in [5.41, 5.74) is 0.954. The van der Waals surface area contributed by atoms with Gasteiger partial charge < -0.3 is 10.2 Å². The van der Waals surface area contributed by atoms with Crippen LogP contribution in [0.25, 0.3) is 0 Å². The van der Waals surface area contributed by atoms with Crippen molar-refractivity contribution in [1.82, 2.24) is 10.2 Å². The number of amides is 1. The maximum atomic E-state index is 13.0. The van der Waals surface area contributed by atoms with E-state index in [1.807, 2.05) is 17.9 Å². The Morgan fingerprint density at radius 1 is 1.35 bits per heavy atom. The standard InChI is InChI=1S/C16H23FN2O/c1-13(16(20)19-10-3-2-4-11-19)18-9-8-14-6-5-7-15(17)12-14/h5-7,12-13,18H,2-4,8-11H2,1H3. The van der Waals surface area contributed by atoms with Crippen LogP contribution in [0.2, 0.25) is 0 Å². The minimum Gasteiger partial charge on any atom is -0.341 e. The van der Waals surface area contributed by atoms with E-state index in [1.54, 1.807) is 12.1 Å². The third kappa shape index (κ3) is 4.30. The largest absolute Gasteiger partial charge is 0.341 e. The number of piperidine rings is 1. The molecular formula is C16H23FN2O. The highest BCUT2D eigenvalue weighted by atomic mass is 19.1. The van der Waals surface area contributed by atoms with Crippen molar-refractivity contribution in [3.8, 4) is 0 Å². The molecule has 1 amide bonds. The van der Waals surface area contributed by atoms with Gasteiger partial charge in [0.2, 0.25) is 5.91 Å². The van der Waals surface area contributed by atoms with Gasteiger partial charge in [-0.05, 0) is 56.8 Å². The van der Waals surface area contributed by atoms with Crippen LogP contribution in [0.5, 0.6) is 0 Å². The zero-order valence-corrected chi connectivity index (χ0v) is 12.1. The number of hydrogen-bond acceptors (Lipinski definition) is 2. The lowest BCUT2D eigenvalue weighted by Crippen LogP contribution is -2.47. The van der Waals surface area contributed by atoms with Gasteiger partial charge in [-0.3, -0.25) is 4.79 Å². The van der Waals surface area contributed by atoms with Gasteiger partial charge >= 0.3 is 0 Å². The van der Waals surface area contributed by atoms with Crippen LogP contribution >= 0.6 is 0 Å². The number of benzene rings is 1. The molecule has 0 radical (unpaired) electrons. The fourth-order valence-corrected chi connectivity index (χ4v) is 2.60. The van der Waals surface area contributed by atoms with Crippen molar-refractivity contribution in [2.45, 2.75) is 38.6 Å². The fraction of sp³-hybridized carbons (Fsp3) is 0.562. The van der Waals surface area contributed by atoms with Crippen LogP contribution in [-0.4, -0.2) is 36.5 Å². The second-order valence-corrected chi connectivity index (χ2v) is 5.44. The first-order chi connectivity index (χ1) is 9.66. The summed E-state index contributed by atoms with van der Waals surface area (Å²) in [6.07, 6.45) is 4.18. The fourth-order valence-electron chi connectivity index (χ4n) is 2.60. The van der Waals surface area contributed by atoms with E-state index in [9.17, 15) is 9.18 Å². The van der Waals surface area contributed by atoms with Crippen LogP contribution in [0, 0.1) is 5.82 Å². The second-order valence-electron chi connectivity index (χ2n) is 5.44. The topological polar surface area (TPSA) is 32.3 Å². The molecule has 1 N–H and O–H groups in total. The highest BCUT2D eigenvalue weighted by Gasteiger charge is 2.21. The normalized spacial score (nSPS) is 17.0. The molecule has 0 spiro atoms. The van der Waals surface area contributed by atoms with E-state index in [0.29, 0.717) is 6.54 Å². The third-order valence-electron chi connectivity index (χ3n) is 3.79. The van der Waals surface area contributed by atoms with E-state index in [1.165, 1.54) is 12.5 Å². The Bertz CT molecular complexity index is 444. The molecular weight excluding hydrogens is 255 g/mol. The maximum absolute atomic E-state index is 13.0. The molecule has 0 saturated carbocycles. The second kappa shape index (κ2) is 7.39. The number of carbonyl (C=O) groups excluding carboxylic acids is 1. The van der Waals surface area contributed by atoms with Gasteiger partial charge in [-0.25, -0.2) is 4.39 Å². The molecule has 2 rings (SSSR count). The number of hydrogen-bond donors (Lipinski definition) is 1. The summed E-state index contributed by atoms with van der Waals surface area (Å²) in [5.74, 6) is -0.0242. The summed E-state index contributed by atoms with van der Waals surface area (Å²) >= 11 is 0. The Balaban J connectivity index is 1.74. The summed E-state index contributed by atoms with van der Waals surface area (Å²) in [4.78, 5) is 14.1. The van der Waals surface area contributed by atoms with E-state index < -0.39 is 0 Å². The van der Waals surface area contributed by atoms with E-state index >= 15 is 0 Å². The molecule has 1 aliphatic heterocycles. The first-order valence-corrected chi connectivity index (χ1v) is 7.43. The molecule has 0 aromatic heterocycles. The van der Waals surface area contributed by atoms with Gasteiger partial charge in [-0.1, -0.05) is 12.1 Å². The highest BCUT2D eigenvalue weighted by molar-refractivity contribution is 5.81. The molecule has 1 aromatic carbocycles. The van der Waals surface area contributed by atoms with Gasteiger partial charge in [-0.15, -0.1) is 0 Å². The molecule has 1 fully saturated rings. The zero-order valence-electron chi connectivity index (χ0n) is 12.1. The molecule has 4 heteroatoms. The summed E-state index contributed by atoms with van der Waals surface area (Å²) in [6.45, 7) is 4.36. The lowest BCUT2D eigenvalue weighted by atomic mass is 10.1. The van der Waals surface area contributed by atoms with Crippen molar-refractivity contribution in [2.75, 3.05) is 19.6 Å². The zero-order chi connectivity index (χ0) is 14.4. The summed E-state index contributed by atoms with van der Waals surface area (Å²) < 4.78 is 13.0. The van der Waals surface area contributed by atoms with Gasteiger partial charge in [-0.2, -0.15) is 0 Å². The van der Waals surface area contributed by atoms with Crippen molar-refractivity contribution in [1.29, 1.82) is 0 Å². The van der Waals surface area contributed by atoms with E-state index in [-0.39, 0.29) is 17.8 Å². The van der Waals surface area contributed by atoms with Crippen LogP contribution in [0.15, 0.2) is 24.3 Å². The van der Waals surface area contributed by atoms with Gasteiger partial charge in [0.15, 0.2) is 0 Å². The summed E-state index contributed by atoms with van der Waals surface area (Å²) in [6, 6.07) is 6.44. The van der Waals surface area contributed by atoms with Crippen molar-refractivity contribution in [3.63, 3.8) is 0 Å². The van der Waals surface area contributed by atoms with Crippen LogP contribution in [0.4, 0.5) is 4.39 Å². The highest BCUT2D eigenvalue weighted by Crippen LogP contribution is 2.10. The number of nitrogens with zero attached hydrogens (tertiary/aromatic N) is 1. The van der Waals surface area contributed by atoms with Gasteiger partial charge in [0.05, 0.1) is 6.04 Å². The minimum atomic E-state index is -0.208. The van der Waals surface area contributed by atoms with Gasteiger partial charge in [0.25, 0.3) is 0 Å². The quantitative estimate of drug-likeness (QED) is 0.896. The van der Waals surface area contributed by atoms with Crippen molar-refractivity contribution in [3.05, 3.63) is 35.6 Å². The first kappa shape index (κ1) is 15.0. The lowest BCUT2D eigenvalue weighted by Gasteiger charge is -2.29. The van der Waals surface area contributed by atoms with E-state index in [4.69, 9.17) is 0 Å². The first-order valence-electron chi connectivity index (χ1n) is 7.43. The van der Waals surface area contributed by atoms with Crippen LogP contribution < -0.4 is 5.32 Å². The molecule has 0 bridgehead atoms. The molecule has 1 unspecified atom stereocenters. The molecule has 1 atom stereocenters. The lowest BCUT2D eigenvalue weighted by molar-refractivity contribution is -0.133. The van der Waals surface area contributed by atoms with Crippen molar-refractivity contribution in [2.24, 2.45) is 0 Å². The average Bonchev–Trinajstić information content (AvgIpc) is 2.47. The average molecular weight is 278 g/mol.